The molecule has 4 N–H and O–H groups in total. The highest BCUT2D eigenvalue weighted by Gasteiger charge is 2.57. The number of carbonyl (C=O) groups is 3. The van der Waals surface area contributed by atoms with Crippen molar-refractivity contribution in [3.8, 4) is 0 Å². The lowest BCUT2D eigenvalue weighted by atomic mass is 9.89. The molecule has 0 saturated carbocycles. The molecule has 0 radical (unpaired) electrons. The van der Waals surface area contributed by atoms with Gasteiger partial charge in [-0.15, -0.1) is 11.8 Å². The molecule has 172 valence electrons. The van der Waals surface area contributed by atoms with Gasteiger partial charge >= 0.3 is 5.97 Å². The molecule has 1 aromatic heterocycles. The van der Waals surface area contributed by atoms with Gasteiger partial charge in [0.1, 0.15) is 28.3 Å². The van der Waals surface area contributed by atoms with E-state index in [2.05, 4.69) is 24.8 Å². The second-order valence-corrected chi connectivity index (χ2v) is 11.3. The van der Waals surface area contributed by atoms with Gasteiger partial charge in [-0.05, 0) is 0 Å². The van der Waals surface area contributed by atoms with Gasteiger partial charge in [-0.1, -0.05) is 28.7 Å². The van der Waals surface area contributed by atoms with Crippen molar-refractivity contribution < 1.29 is 24.3 Å². The minimum atomic E-state index is -1.08. The number of nitrogen functional groups attached to an aromatic ring is 1. The lowest BCUT2D eigenvalue weighted by Gasteiger charge is -2.53. The van der Waals surface area contributed by atoms with Crippen molar-refractivity contribution in [2.45, 2.75) is 11.4 Å². The third kappa shape index (κ3) is 4.40. The molecule has 2 amide bonds. The summed E-state index contributed by atoms with van der Waals surface area (Å²) in [6.45, 7) is 0.826. The Hall–Kier alpha value is -2.04. The maximum absolute atomic E-state index is 12.8. The van der Waals surface area contributed by atoms with Gasteiger partial charge in [-0.2, -0.15) is 9.36 Å². The number of nitrogens with zero attached hydrogens (tertiary/aromatic N) is 5. The number of hydrogen-bond acceptors (Lipinski definition) is 13. The first kappa shape index (κ1) is 23.1. The number of thioether (sulfide) groups is 3. The largest absolute Gasteiger partial charge is 0.481 e. The molecule has 3 aliphatic heterocycles. The van der Waals surface area contributed by atoms with Crippen LogP contribution in [0.2, 0.25) is 0 Å². The fraction of sp³-hybridized carbons (Fsp3) is 0.562. The average Bonchev–Trinajstić information content (AvgIpc) is 3.45. The molecule has 4 rings (SSSR count). The second-order valence-electron chi connectivity index (χ2n) is 7.07. The van der Waals surface area contributed by atoms with Gasteiger partial charge in [-0.3, -0.25) is 19.4 Å². The van der Waals surface area contributed by atoms with Crippen LogP contribution in [0.1, 0.15) is 5.82 Å². The molecule has 32 heavy (non-hydrogen) atoms. The summed E-state index contributed by atoms with van der Waals surface area (Å²) < 4.78 is 4.84. The molecular formula is C16H19N7O5S4. The topological polar surface area (TPSA) is 172 Å². The first-order valence-corrected chi connectivity index (χ1v) is 13.1. The molecule has 4 heterocycles. The fourth-order valence-corrected chi connectivity index (χ4v) is 7.63. The van der Waals surface area contributed by atoms with Gasteiger partial charge in [0, 0.05) is 35.3 Å². The van der Waals surface area contributed by atoms with Crippen LogP contribution < -0.4 is 11.1 Å². The van der Waals surface area contributed by atoms with Crippen molar-refractivity contribution in [2.24, 2.45) is 15.6 Å². The number of anilines is 1. The number of rotatable bonds is 7. The van der Waals surface area contributed by atoms with Crippen molar-refractivity contribution in [3.63, 3.8) is 0 Å². The Kier molecular flexibility index (Phi) is 6.83. The van der Waals surface area contributed by atoms with E-state index in [0.717, 1.165) is 28.2 Å². The van der Waals surface area contributed by atoms with E-state index < -0.39 is 23.3 Å². The third-order valence-electron chi connectivity index (χ3n) is 4.97. The number of oxime groups is 1. The molecule has 0 spiro atoms. The number of fused-ring (bicyclic) bond motifs is 1. The molecule has 2 saturated heterocycles. The molecule has 16 heteroatoms. The first-order valence-electron chi connectivity index (χ1n) is 9.32. The highest BCUT2D eigenvalue weighted by molar-refractivity contribution is 8.39. The zero-order valence-electron chi connectivity index (χ0n) is 16.7. The molecule has 2 unspecified atom stereocenters. The number of carboxylic acid groups (broad SMARTS) is 1. The van der Waals surface area contributed by atoms with Gasteiger partial charge in [0.05, 0.1) is 6.54 Å². The minimum Gasteiger partial charge on any atom is -0.481 e. The summed E-state index contributed by atoms with van der Waals surface area (Å²) in [7, 11) is 1.27. The molecule has 0 aromatic carbocycles. The standard InChI is InChI=1S/C16H19N7O5S4/c1-28-21-7(9-20-14(17)32-22-9)10(24)19-8-11(25)23-4-16(13(26)27,5-30-12(8)23)6-31-15-18-2-3-29-15/h8,12H,2-6H2,1H3,(H,19,24)(H,26,27)(H2,17,20,22)/t8?,12-,16?/m1/s1. The van der Waals surface area contributed by atoms with Crippen LogP contribution in [-0.4, -0.2) is 96.1 Å². The van der Waals surface area contributed by atoms with Crippen LogP contribution in [-0.2, 0) is 19.2 Å². The Morgan fingerprint density at radius 3 is 2.94 bits per heavy atom. The Morgan fingerprint density at radius 1 is 1.50 bits per heavy atom. The molecule has 12 nitrogen and oxygen atoms in total. The quantitative estimate of drug-likeness (QED) is 0.248. The Balaban J connectivity index is 1.41. The molecule has 2 fully saturated rings. The summed E-state index contributed by atoms with van der Waals surface area (Å²) in [5.41, 5.74) is 4.30. The zero-order chi connectivity index (χ0) is 22.9. The normalized spacial score (nSPS) is 27.4. The van der Waals surface area contributed by atoms with E-state index in [9.17, 15) is 19.5 Å². The van der Waals surface area contributed by atoms with Gasteiger partial charge in [0.25, 0.3) is 5.91 Å². The lowest BCUT2D eigenvalue weighted by Crippen LogP contribution is -2.74. The van der Waals surface area contributed by atoms with Crippen LogP contribution in [0.3, 0.4) is 0 Å². The number of amides is 2. The molecule has 0 aliphatic carbocycles. The Morgan fingerprint density at radius 2 is 2.31 bits per heavy atom. The molecule has 3 atom stereocenters. The molecule has 3 aliphatic rings. The minimum absolute atomic E-state index is 0.00129. The van der Waals surface area contributed by atoms with Gasteiger partial charge in [0.15, 0.2) is 5.13 Å². The molecular weight excluding hydrogens is 498 g/mol. The van der Waals surface area contributed by atoms with E-state index in [1.165, 1.54) is 35.5 Å². The van der Waals surface area contributed by atoms with E-state index in [1.54, 1.807) is 11.8 Å². The number of β-lactam (4-membered cyclic amide) rings is 1. The van der Waals surface area contributed by atoms with E-state index >= 15 is 0 Å². The van der Waals surface area contributed by atoms with Crippen LogP contribution in [0.4, 0.5) is 5.13 Å². The summed E-state index contributed by atoms with van der Waals surface area (Å²) in [6.07, 6.45) is 0. The number of carboxylic acids is 1. The number of aliphatic imine (C=N–C) groups is 1. The predicted molar refractivity (Wildman–Crippen MR) is 125 cm³/mol. The zero-order valence-corrected chi connectivity index (χ0v) is 20.0. The first-order chi connectivity index (χ1) is 15.3. The summed E-state index contributed by atoms with van der Waals surface area (Å²) >= 11 is 5.28. The van der Waals surface area contributed by atoms with Crippen molar-refractivity contribution in [3.05, 3.63) is 5.82 Å². The second kappa shape index (κ2) is 9.44. The van der Waals surface area contributed by atoms with Gasteiger partial charge in [0.2, 0.25) is 17.4 Å². The maximum atomic E-state index is 12.8. The van der Waals surface area contributed by atoms with Crippen LogP contribution in [0.15, 0.2) is 10.1 Å². The summed E-state index contributed by atoms with van der Waals surface area (Å²) in [6, 6.07) is -0.806. The van der Waals surface area contributed by atoms with Crippen molar-refractivity contribution in [1.82, 2.24) is 19.6 Å². The van der Waals surface area contributed by atoms with E-state index in [0.29, 0.717) is 11.5 Å². The number of aromatic nitrogens is 2. The smallest absolute Gasteiger partial charge is 0.313 e. The predicted octanol–water partition coefficient (Wildman–Crippen LogP) is -0.222. The summed E-state index contributed by atoms with van der Waals surface area (Å²) in [5, 5.41) is 16.0. The van der Waals surface area contributed by atoms with Crippen molar-refractivity contribution >= 4 is 79.8 Å². The van der Waals surface area contributed by atoms with Gasteiger partial charge < -0.3 is 25.9 Å². The molecule has 1 aromatic rings. The van der Waals surface area contributed by atoms with E-state index in [-0.39, 0.29) is 34.5 Å². The summed E-state index contributed by atoms with van der Waals surface area (Å²) in [5.74, 6) is -0.412. The van der Waals surface area contributed by atoms with E-state index in [4.69, 9.17) is 10.6 Å². The lowest BCUT2D eigenvalue weighted by molar-refractivity contribution is -0.157. The Bertz CT molecular complexity index is 1000. The van der Waals surface area contributed by atoms with Crippen molar-refractivity contribution in [1.29, 1.82) is 0 Å². The number of aliphatic carboxylic acids is 1. The molecule has 0 bridgehead atoms. The van der Waals surface area contributed by atoms with Crippen LogP contribution in [0.5, 0.6) is 0 Å². The van der Waals surface area contributed by atoms with Gasteiger partial charge in [-0.25, -0.2) is 0 Å². The Labute approximate surface area is 199 Å². The SMILES string of the molecule is CON=C(C(=O)NC1C(=O)N2CC(CSC3=NCCS3)(C(=O)O)CS[C@H]12)c1nsc(N)n1. The summed E-state index contributed by atoms with van der Waals surface area (Å²) in [4.78, 5) is 52.1. The average molecular weight is 518 g/mol. The fourth-order valence-electron chi connectivity index (χ4n) is 3.32. The number of nitrogens with one attached hydrogen (secondary N) is 1. The third-order valence-corrected chi connectivity index (χ3v) is 9.64. The number of nitrogens with two attached hydrogens (primary N) is 1. The number of carbonyl (C=O) groups excluding carboxylic acids is 2. The maximum Gasteiger partial charge on any atom is 0.313 e. The number of hydrogen-bond donors (Lipinski definition) is 3. The van der Waals surface area contributed by atoms with E-state index in [1.807, 2.05) is 0 Å². The van der Waals surface area contributed by atoms with Crippen LogP contribution >= 0.6 is 46.8 Å². The van der Waals surface area contributed by atoms with Crippen LogP contribution in [0, 0.1) is 5.41 Å². The van der Waals surface area contributed by atoms with Crippen molar-refractivity contribution in [2.75, 3.05) is 43.2 Å². The highest BCUT2D eigenvalue weighted by atomic mass is 32.2. The van der Waals surface area contributed by atoms with Crippen LogP contribution in [0.25, 0.3) is 0 Å². The monoisotopic (exact) mass is 517 g/mol. The highest BCUT2D eigenvalue weighted by Crippen LogP contribution is 2.44.